The SMILES string of the molecule is CC1(C)OB(/C=C/c2ccc(-c3ccc(N)cc3)cc2)OC1(C)C. The number of hydrogen-bond donors (Lipinski definition) is 1. The Morgan fingerprint density at radius 3 is 1.75 bits per heavy atom. The standard InChI is InChI=1S/C20H24BNO2/c1-19(2)20(3,4)24-21(23-19)14-13-15-5-7-16(8-6-15)17-9-11-18(22)12-10-17/h5-14H,22H2,1-4H3/b14-13+. The second kappa shape index (κ2) is 6.12. The van der Waals surface area contributed by atoms with Crippen LogP contribution in [0, 0.1) is 0 Å². The molecule has 0 saturated carbocycles. The molecule has 0 spiro atoms. The highest BCUT2D eigenvalue weighted by molar-refractivity contribution is 6.52. The fourth-order valence-electron chi connectivity index (χ4n) is 2.62. The van der Waals surface area contributed by atoms with Crippen LogP contribution >= 0.6 is 0 Å². The van der Waals surface area contributed by atoms with E-state index in [0.29, 0.717) is 0 Å². The van der Waals surface area contributed by atoms with Gasteiger partial charge >= 0.3 is 7.12 Å². The molecular formula is C20H24BNO2. The molecule has 0 amide bonds. The summed E-state index contributed by atoms with van der Waals surface area (Å²) < 4.78 is 11.9. The van der Waals surface area contributed by atoms with Gasteiger partial charge in [0, 0.05) is 5.69 Å². The molecular weight excluding hydrogens is 297 g/mol. The first kappa shape index (κ1) is 16.8. The average Bonchev–Trinajstić information content (AvgIpc) is 2.74. The van der Waals surface area contributed by atoms with Crippen molar-refractivity contribution < 1.29 is 9.31 Å². The highest BCUT2D eigenvalue weighted by atomic mass is 16.7. The summed E-state index contributed by atoms with van der Waals surface area (Å²) in [5.41, 5.74) is 9.34. The molecule has 1 aliphatic rings. The lowest BCUT2D eigenvalue weighted by Crippen LogP contribution is -2.41. The van der Waals surface area contributed by atoms with E-state index in [4.69, 9.17) is 15.0 Å². The van der Waals surface area contributed by atoms with Crippen LogP contribution in [-0.2, 0) is 9.31 Å². The van der Waals surface area contributed by atoms with Gasteiger partial charge < -0.3 is 15.0 Å². The zero-order valence-corrected chi connectivity index (χ0v) is 14.7. The molecule has 1 aliphatic heterocycles. The van der Waals surface area contributed by atoms with Gasteiger partial charge in [-0.15, -0.1) is 0 Å². The predicted octanol–water partition coefficient (Wildman–Crippen LogP) is 4.58. The van der Waals surface area contributed by atoms with Gasteiger partial charge in [-0.1, -0.05) is 48.4 Å². The van der Waals surface area contributed by atoms with Crippen LogP contribution in [-0.4, -0.2) is 18.3 Å². The Bertz CT molecular complexity index is 717. The number of rotatable bonds is 3. The van der Waals surface area contributed by atoms with Crippen molar-refractivity contribution in [3.63, 3.8) is 0 Å². The van der Waals surface area contributed by atoms with E-state index in [1.807, 2.05) is 36.3 Å². The number of nitrogen functional groups attached to an aromatic ring is 1. The minimum atomic E-state index is -0.313. The molecule has 4 heteroatoms. The van der Waals surface area contributed by atoms with E-state index in [-0.39, 0.29) is 18.3 Å². The molecule has 24 heavy (non-hydrogen) atoms. The van der Waals surface area contributed by atoms with E-state index in [2.05, 4.69) is 52.0 Å². The summed E-state index contributed by atoms with van der Waals surface area (Å²) >= 11 is 0. The molecule has 1 saturated heterocycles. The Balaban J connectivity index is 1.70. The molecule has 2 aromatic carbocycles. The van der Waals surface area contributed by atoms with Crippen molar-refractivity contribution >= 4 is 18.9 Å². The van der Waals surface area contributed by atoms with Gasteiger partial charge in [-0.05, 0) is 56.5 Å². The number of benzene rings is 2. The van der Waals surface area contributed by atoms with Gasteiger partial charge in [0.1, 0.15) is 0 Å². The highest BCUT2D eigenvalue weighted by Gasteiger charge is 2.49. The molecule has 0 aliphatic carbocycles. The molecule has 3 rings (SSSR count). The maximum absolute atomic E-state index is 5.97. The summed E-state index contributed by atoms with van der Waals surface area (Å²) in [7, 11) is -0.313. The van der Waals surface area contributed by atoms with E-state index in [1.165, 1.54) is 5.56 Å². The molecule has 0 radical (unpaired) electrons. The highest BCUT2D eigenvalue weighted by Crippen LogP contribution is 2.37. The minimum absolute atomic E-state index is 0.305. The lowest BCUT2D eigenvalue weighted by atomic mass is 9.89. The lowest BCUT2D eigenvalue weighted by Gasteiger charge is -2.32. The van der Waals surface area contributed by atoms with Crippen molar-refractivity contribution in [3.05, 3.63) is 60.1 Å². The van der Waals surface area contributed by atoms with Crippen molar-refractivity contribution in [2.75, 3.05) is 5.73 Å². The monoisotopic (exact) mass is 321 g/mol. The van der Waals surface area contributed by atoms with E-state index < -0.39 is 0 Å². The molecule has 0 unspecified atom stereocenters. The van der Waals surface area contributed by atoms with Crippen LogP contribution in [0.5, 0.6) is 0 Å². The van der Waals surface area contributed by atoms with Crippen LogP contribution in [0.4, 0.5) is 5.69 Å². The normalized spacial score (nSPS) is 19.1. The van der Waals surface area contributed by atoms with Gasteiger partial charge in [-0.3, -0.25) is 0 Å². The topological polar surface area (TPSA) is 44.5 Å². The van der Waals surface area contributed by atoms with Crippen LogP contribution in [0.25, 0.3) is 17.2 Å². The van der Waals surface area contributed by atoms with Crippen molar-refractivity contribution in [1.82, 2.24) is 0 Å². The third kappa shape index (κ3) is 3.40. The average molecular weight is 321 g/mol. The van der Waals surface area contributed by atoms with Crippen LogP contribution in [0.1, 0.15) is 33.3 Å². The molecule has 1 heterocycles. The van der Waals surface area contributed by atoms with Gasteiger partial charge in [0.05, 0.1) is 11.2 Å². The Kier molecular flexibility index (Phi) is 4.28. The Hall–Kier alpha value is -2.04. The second-order valence-corrected chi connectivity index (χ2v) is 7.23. The maximum atomic E-state index is 5.97. The molecule has 2 N–H and O–H groups in total. The third-order valence-corrected chi connectivity index (χ3v) is 4.87. The van der Waals surface area contributed by atoms with Crippen LogP contribution < -0.4 is 5.73 Å². The fourth-order valence-corrected chi connectivity index (χ4v) is 2.62. The van der Waals surface area contributed by atoms with Crippen LogP contribution in [0.15, 0.2) is 54.5 Å². The Labute approximate surface area is 144 Å². The molecule has 3 nitrogen and oxygen atoms in total. The molecule has 0 atom stereocenters. The van der Waals surface area contributed by atoms with Crippen molar-refractivity contribution in [1.29, 1.82) is 0 Å². The second-order valence-electron chi connectivity index (χ2n) is 7.23. The first-order valence-electron chi connectivity index (χ1n) is 8.27. The summed E-state index contributed by atoms with van der Waals surface area (Å²) in [6.07, 6.45) is 2.04. The van der Waals surface area contributed by atoms with Crippen LogP contribution in [0.2, 0.25) is 0 Å². The molecule has 1 fully saturated rings. The molecule has 2 aromatic rings. The van der Waals surface area contributed by atoms with Gasteiger partial charge in [-0.2, -0.15) is 0 Å². The Morgan fingerprint density at radius 1 is 0.792 bits per heavy atom. The first-order chi connectivity index (χ1) is 11.3. The van der Waals surface area contributed by atoms with Gasteiger partial charge in [0.25, 0.3) is 0 Å². The van der Waals surface area contributed by atoms with Crippen LogP contribution in [0.3, 0.4) is 0 Å². The third-order valence-electron chi connectivity index (χ3n) is 4.87. The predicted molar refractivity (Wildman–Crippen MR) is 101 cm³/mol. The van der Waals surface area contributed by atoms with E-state index >= 15 is 0 Å². The first-order valence-corrected chi connectivity index (χ1v) is 8.27. The molecule has 0 aromatic heterocycles. The van der Waals surface area contributed by atoms with Gasteiger partial charge in [-0.25, -0.2) is 0 Å². The summed E-state index contributed by atoms with van der Waals surface area (Å²) in [4.78, 5) is 0. The summed E-state index contributed by atoms with van der Waals surface area (Å²) in [5.74, 6) is 1.97. The quantitative estimate of drug-likeness (QED) is 0.665. The maximum Gasteiger partial charge on any atom is 0.487 e. The largest absolute Gasteiger partial charge is 0.487 e. The number of anilines is 1. The van der Waals surface area contributed by atoms with Gasteiger partial charge in [0.15, 0.2) is 0 Å². The summed E-state index contributed by atoms with van der Waals surface area (Å²) in [6.45, 7) is 8.23. The van der Waals surface area contributed by atoms with Crippen molar-refractivity contribution in [2.24, 2.45) is 0 Å². The fraction of sp³-hybridized carbons (Fsp3) is 0.300. The van der Waals surface area contributed by atoms with Crippen molar-refractivity contribution in [2.45, 2.75) is 38.9 Å². The Morgan fingerprint density at radius 2 is 1.25 bits per heavy atom. The number of hydrogen-bond acceptors (Lipinski definition) is 3. The zero-order chi connectivity index (χ0) is 17.4. The molecule has 0 bridgehead atoms. The number of nitrogens with two attached hydrogens (primary N) is 1. The van der Waals surface area contributed by atoms with E-state index in [1.54, 1.807) is 0 Å². The van der Waals surface area contributed by atoms with Gasteiger partial charge in [0.2, 0.25) is 0 Å². The molecule has 124 valence electrons. The van der Waals surface area contributed by atoms with E-state index in [9.17, 15) is 0 Å². The summed E-state index contributed by atoms with van der Waals surface area (Å²) in [6, 6.07) is 16.3. The van der Waals surface area contributed by atoms with Crippen molar-refractivity contribution in [3.8, 4) is 11.1 Å². The zero-order valence-electron chi connectivity index (χ0n) is 14.7. The smallest absolute Gasteiger partial charge is 0.400 e. The minimum Gasteiger partial charge on any atom is -0.400 e. The summed E-state index contributed by atoms with van der Waals surface area (Å²) in [5, 5.41) is 0. The van der Waals surface area contributed by atoms with E-state index in [0.717, 1.165) is 16.8 Å². The lowest BCUT2D eigenvalue weighted by molar-refractivity contribution is 0.00578.